The summed E-state index contributed by atoms with van der Waals surface area (Å²) in [5.41, 5.74) is 1.09. The van der Waals surface area contributed by atoms with Crippen LogP contribution in [0.25, 0.3) is 0 Å². The number of rotatable bonds is 6. The average Bonchev–Trinajstić information content (AvgIpc) is 2.98. The number of hydrogen-bond acceptors (Lipinski definition) is 3. The number of nitrogens with one attached hydrogen (secondary N) is 2. The Labute approximate surface area is 112 Å². The van der Waals surface area contributed by atoms with Gasteiger partial charge in [-0.1, -0.05) is 30.3 Å². The Kier molecular flexibility index (Phi) is 4.75. The van der Waals surface area contributed by atoms with Gasteiger partial charge in [-0.15, -0.1) is 0 Å². The third-order valence-electron chi connectivity index (χ3n) is 2.87. The highest BCUT2D eigenvalue weighted by molar-refractivity contribution is 5.78. The van der Waals surface area contributed by atoms with Crippen LogP contribution in [-0.4, -0.2) is 12.5 Å². The standard InChI is InChI=1S/C15H18N2O2/c1-12(14-8-5-9-19-14)16-11-15(18)17-10-13-6-3-2-4-7-13/h2-9,12,16H,10-11H2,1H3,(H,17,18)/t12-/m1/s1. The van der Waals surface area contributed by atoms with E-state index in [0.717, 1.165) is 11.3 Å². The lowest BCUT2D eigenvalue weighted by atomic mass is 10.2. The van der Waals surface area contributed by atoms with Crippen molar-refractivity contribution in [3.63, 3.8) is 0 Å². The second-order valence-electron chi connectivity index (χ2n) is 4.38. The minimum atomic E-state index is -0.0257. The van der Waals surface area contributed by atoms with Crippen LogP contribution in [0.15, 0.2) is 53.1 Å². The fourth-order valence-corrected chi connectivity index (χ4v) is 1.74. The highest BCUT2D eigenvalue weighted by Crippen LogP contribution is 2.11. The van der Waals surface area contributed by atoms with E-state index < -0.39 is 0 Å². The zero-order valence-electron chi connectivity index (χ0n) is 10.9. The molecule has 4 heteroatoms. The van der Waals surface area contributed by atoms with E-state index in [1.165, 1.54) is 0 Å². The van der Waals surface area contributed by atoms with Gasteiger partial charge in [0.1, 0.15) is 5.76 Å². The van der Waals surface area contributed by atoms with Crippen molar-refractivity contribution in [3.05, 3.63) is 60.1 Å². The van der Waals surface area contributed by atoms with Gasteiger partial charge in [0.15, 0.2) is 0 Å². The van der Waals surface area contributed by atoms with Crippen LogP contribution in [0.2, 0.25) is 0 Å². The molecule has 0 bridgehead atoms. The zero-order chi connectivity index (χ0) is 13.5. The van der Waals surface area contributed by atoms with Gasteiger partial charge in [0.05, 0.1) is 18.8 Å². The first kappa shape index (κ1) is 13.4. The van der Waals surface area contributed by atoms with E-state index in [1.807, 2.05) is 49.4 Å². The summed E-state index contributed by atoms with van der Waals surface area (Å²) in [6.45, 7) is 2.79. The molecule has 1 heterocycles. The first-order chi connectivity index (χ1) is 9.25. The molecule has 0 aliphatic carbocycles. The molecule has 1 atom stereocenters. The molecule has 1 amide bonds. The predicted molar refractivity (Wildman–Crippen MR) is 73.4 cm³/mol. The maximum absolute atomic E-state index is 11.7. The monoisotopic (exact) mass is 258 g/mol. The number of carbonyl (C=O) groups is 1. The lowest BCUT2D eigenvalue weighted by Gasteiger charge is -2.11. The van der Waals surface area contributed by atoms with Gasteiger partial charge in [-0.25, -0.2) is 0 Å². The average molecular weight is 258 g/mol. The second kappa shape index (κ2) is 6.75. The highest BCUT2D eigenvalue weighted by Gasteiger charge is 2.09. The molecule has 1 aromatic heterocycles. The van der Waals surface area contributed by atoms with Crippen molar-refractivity contribution >= 4 is 5.91 Å². The maximum Gasteiger partial charge on any atom is 0.234 e. The lowest BCUT2D eigenvalue weighted by Crippen LogP contribution is -2.34. The van der Waals surface area contributed by atoms with Gasteiger partial charge in [0.25, 0.3) is 0 Å². The fourth-order valence-electron chi connectivity index (χ4n) is 1.74. The van der Waals surface area contributed by atoms with Crippen LogP contribution in [0.3, 0.4) is 0 Å². The molecule has 0 saturated heterocycles. The lowest BCUT2D eigenvalue weighted by molar-refractivity contribution is -0.120. The first-order valence-electron chi connectivity index (χ1n) is 6.33. The minimum absolute atomic E-state index is 0.0254. The van der Waals surface area contributed by atoms with Crippen molar-refractivity contribution in [2.45, 2.75) is 19.5 Å². The van der Waals surface area contributed by atoms with Crippen molar-refractivity contribution in [2.75, 3.05) is 6.54 Å². The Morgan fingerprint density at radius 2 is 2.00 bits per heavy atom. The normalized spacial score (nSPS) is 12.1. The third-order valence-corrected chi connectivity index (χ3v) is 2.87. The van der Waals surface area contributed by atoms with Crippen LogP contribution in [0.4, 0.5) is 0 Å². The van der Waals surface area contributed by atoms with Crippen LogP contribution < -0.4 is 10.6 Å². The Balaban J connectivity index is 1.70. The Hall–Kier alpha value is -2.07. The summed E-state index contributed by atoms with van der Waals surface area (Å²) in [4.78, 5) is 11.7. The Morgan fingerprint density at radius 3 is 2.68 bits per heavy atom. The van der Waals surface area contributed by atoms with Gasteiger partial charge < -0.3 is 9.73 Å². The molecule has 2 rings (SSSR count). The molecule has 4 nitrogen and oxygen atoms in total. The highest BCUT2D eigenvalue weighted by atomic mass is 16.3. The fraction of sp³-hybridized carbons (Fsp3) is 0.267. The summed E-state index contributed by atoms with van der Waals surface area (Å²) < 4.78 is 5.26. The summed E-state index contributed by atoms with van der Waals surface area (Å²) in [5.74, 6) is 0.804. The quantitative estimate of drug-likeness (QED) is 0.835. The predicted octanol–water partition coefficient (Wildman–Crippen LogP) is 2.25. The van der Waals surface area contributed by atoms with Crippen LogP contribution in [0, 0.1) is 0 Å². The number of hydrogen-bond donors (Lipinski definition) is 2. The van der Waals surface area contributed by atoms with Gasteiger partial charge in [0, 0.05) is 6.54 Å². The van der Waals surface area contributed by atoms with Crippen molar-refractivity contribution < 1.29 is 9.21 Å². The first-order valence-corrected chi connectivity index (χ1v) is 6.33. The summed E-state index contributed by atoms with van der Waals surface area (Å²) >= 11 is 0. The molecule has 0 spiro atoms. The van der Waals surface area contributed by atoms with Crippen LogP contribution in [0.1, 0.15) is 24.3 Å². The van der Waals surface area contributed by atoms with E-state index in [1.54, 1.807) is 6.26 Å². The van der Waals surface area contributed by atoms with Crippen LogP contribution in [-0.2, 0) is 11.3 Å². The molecule has 2 N–H and O–H groups in total. The van der Waals surface area contributed by atoms with E-state index in [2.05, 4.69) is 10.6 Å². The van der Waals surface area contributed by atoms with Gasteiger partial charge in [0.2, 0.25) is 5.91 Å². The SMILES string of the molecule is C[C@@H](NCC(=O)NCc1ccccc1)c1ccco1. The largest absolute Gasteiger partial charge is 0.468 e. The van der Waals surface area contributed by atoms with Gasteiger partial charge in [-0.05, 0) is 24.6 Å². The molecule has 0 saturated carbocycles. The molecule has 0 aliphatic heterocycles. The molecular weight excluding hydrogens is 240 g/mol. The van der Waals surface area contributed by atoms with Crippen molar-refractivity contribution in [1.29, 1.82) is 0 Å². The third kappa shape index (κ3) is 4.26. The molecule has 1 aromatic carbocycles. The minimum Gasteiger partial charge on any atom is -0.468 e. The molecule has 0 aliphatic rings. The molecule has 2 aromatic rings. The van der Waals surface area contributed by atoms with Crippen LogP contribution >= 0.6 is 0 Å². The molecular formula is C15H18N2O2. The molecule has 100 valence electrons. The van der Waals surface area contributed by atoms with Crippen molar-refractivity contribution in [1.82, 2.24) is 10.6 Å². The van der Waals surface area contributed by atoms with E-state index in [4.69, 9.17) is 4.42 Å². The summed E-state index contributed by atoms with van der Waals surface area (Å²) in [5, 5.41) is 5.98. The number of amides is 1. The van der Waals surface area contributed by atoms with Crippen molar-refractivity contribution in [3.8, 4) is 0 Å². The van der Waals surface area contributed by atoms with Gasteiger partial charge in [-0.3, -0.25) is 10.1 Å². The Morgan fingerprint density at radius 1 is 1.21 bits per heavy atom. The molecule has 0 unspecified atom stereocenters. The smallest absolute Gasteiger partial charge is 0.234 e. The summed E-state index contributed by atoms with van der Waals surface area (Å²) in [7, 11) is 0. The van der Waals surface area contributed by atoms with Gasteiger partial charge in [-0.2, -0.15) is 0 Å². The van der Waals surface area contributed by atoms with E-state index in [-0.39, 0.29) is 18.5 Å². The molecule has 0 fully saturated rings. The molecule has 19 heavy (non-hydrogen) atoms. The van der Waals surface area contributed by atoms with E-state index >= 15 is 0 Å². The van der Waals surface area contributed by atoms with E-state index in [9.17, 15) is 4.79 Å². The number of furan rings is 1. The topological polar surface area (TPSA) is 54.3 Å². The summed E-state index contributed by atoms with van der Waals surface area (Å²) in [6.07, 6.45) is 1.63. The van der Waals surface area contributed by atoms with E-state index in [0.29, 0.717) is 6.54 Å². The Bertz CT molecular complexity index is 494. The maximum atomic E-state index is 11.7. The number of carbonyl (C=O) groups excluding carboxylic acids is 1. The summed E-state index contributed by atoms with van der Waals surface area (Å²) in [6, 6.07) is 13.6. The van der Waals surface area contributed by atoms with Crippen molar-refractivity contribution in [2.24, 2.45) is 0 Å². The molecule has 0 radical (unpaired) electrons. The zero-order valence-corrected chi connectivity index (χ0v) is 10.9. The van der Waals surface area contributed by atoms with Crippen LogP contribution in [0.5, 0.6) is 0 Å². The number of benzene rings is 1. The second-order valence-corrected chi connectivity index (χ2v) is 4.38. The van der Waals surface area contributed by atoms with Gasteiger partial charge >= 0.3 is 0 Å².